The number of oxime groups is 1. The van der Waals surface area contributed by atoms with Crippen molar-refractivity contribution in [3.8, 4) is 0 Å². The Morgan fingerprint density at radius 3 is 2.44 bits per heavy atom. The molecule has 212 valence electrons. The van der Waals surface area contributed by atoms with Crippen molar-refractivity contribution >= 4 is 40.5 Å². The highest BCUT2D eigenvalue weighted by Crippen LogP contribution is 2.39. The first-order chi connectivity index (χ1) is 18.0. The third kappa shape index (κ3) is 5.81. The summed E-state index contributed by atoms with van der Waals surface area (Å²) >= 11 is 0. The average Bonchev–Trinajstić information content (AvgIpc) is 3.59. The number of aromatic nitrogens is 2. The summed E-state index contributed by atoms with van der Waals surface area (Å²) < 4.78 is 16.7. The molecule has 1 saturated carbocycles. The van der Waals surface area contributed by atoms with Crippen LogP contribution in [0.2, 0.25) is 0 Å². The zero-order valence-corrected chi connectivity index (χ0v) is 20.9. The van der Waals surface area contributed by atoms with E-state index in [2.05, 4.69) is 15.5 Å². The highest BCUT2D eigenvalue weighted by Gasteiger charge is 2.50. The number of rotatable bonds is 7. The van der Waals surface area contributed by atoms with Crippen molar-refractivity contribution in [1.82, 2.24) is 14.9 Å². The van der Waals surface area contributed by atoms with Gasteiger partial charge in [-0.2, -0.15) is 0 Å². The highest BCUT2D eigenvalue weighted by molar-refractivity contribution is 5.99. The second-order valence-corrected chi connectivity index (χ2v) is 9.48. The molecule has 5 rings (SSSR count). The quantitative estimate of drug-likeness (QED) is 0.261. The van der Waals surface area contributed by atoms with Crippen molar-refractivity contribution in [2.75, 3.05) is 38.2 Å². The number of nitrogens with one attached hydrogen (secondary N) is 1. The lowest BCUT2D eigenvalue weighted by Crippen LogP contribution is -2.58. The molecular formula is C23H29FN6O9. The molecule has 0 aromatic carbocycles. The SMILES string of the molecule is CO/N=C1/CN(c2nc3c(cc2F)c(=O)c(C(=O)O)cn3C2CC2)CC12CNC2.N[C@H](CC(=O)O)C(=O)O.O. The Hall–Kier alpha value is -4.15. The Kier molecular flexibility index (Phi) is 8.52. The lowest BCUT2D eigenvalue weighted by Gasteiger charge is -2.38. The summed E-state index contributed by atoms with van der Waals surface area (Å²) in [7, 11) is 1.48. The first-order valence-corrected chi connectivity index (χ1v) is 11.7. The van der Waals surface area contributed by atoms with Gasteiger partial charge in [0.25, 0.3) is 0 Å². The number of aromatic carboxylic acids is 1. The summed E-state index contributed by atoms with van der Waals surface area (Å²) in [6.07, 6.45) is 2.54. The fourth-order valence-electron chi connectivity index (χ4n) is 4.51. The van der Waals surface area contributed by atoms with Crippen LogP contribution < -0.4 is 21.4 Å². The van der Waals surface area contributed by atoms with Gasteiger partial charge in [-0.25, -0.2) is 14.2 Å². The second-order valence-electron chi connectivity index (χ2n) is 9.48. The number of hydrogen-bond acceptors (Lipinski definition) is 10. The van der Waals surface area contributed by atoms with Crippen molar-refractivity contribution in [3.05, 3.63) is 33.9 Å². The topological polar surface area (TPSA) is 241 Å². The Labute approximate surface area is 220 Å². The maximum absolute atomic E-state index is 15.0. The van der Waals surface area contributed by atoms with E-state index in [1.807, 2.05) is 0 Å². The first kappa shape index (κ1) is 29.4. The zero-order valence-electron chi connectivity index (χ0n) is 20.9. The second kappa shape index (κ2) is 11.3. The molecule has 3 aliphatic rings. The number of carboxylic acids is 3. The minimum Gasteiger partial charge on any atom is -0.481 e. The molecular weight excluding hydrogens is 523 g/mol. The summed E-state index contributed by atoms with van der Waals surface area (Å²) in [5, 5.41) is 32.7. The van der Waals surface area contributed by atoms with E-state index in [-0.39, 0.29) is 33.7 Å². The molecule has 8 N–H and O–H groups in total. The monoisotopic (exact) mass is 552 g/mol. The molecule has 2 saturated heterocycles. The van der Waals surface area contributed by atoms with E-state index in [1.165, 1.54) is 13.3 Å². The molecule has 16 heteroatoms. The molecule has 0 radical (unpaired) electrons. The van der Waals surface area contributed by atoms with Crippen molar-refractivity contribution < 1.29 is 44.4 Å². The smallest absolute Gasteiger partial charge is 0.341 e. The lowest BCUT2D eigenvalue weighted by molar-refractivity contribution is -0.144. The summed E-state index contributed by atoms with van der Waals surface area (Å²) in [5.74, 6) is -4.33. The van der Waals surface area contributed by atoms with Crippen LogP contribution in [0.1, 0.15) is 35.7 Å². The van der Waals surface area contributed by atoms with Gasteiger partial charge >= 0.3 is 17.9 Å². The molecule has 0 unspecified atom stereocenters. The highest BCUT2D eigenvalue weighted by atomic mass is 19.1. The number of aliphatic carboxylic acids is 2. The zero-order chi connectivity index (χ0) is 27.8. The van der Waals surface area contributed by atoms with Crippen LogP contribution in [-0.2, 0) is 14.4 Å². The van der Waals surface area contributed by atoms with Gasteiger partial charge in [0, 0.05) is 31.9 Å². The summed E-state index contributed by atoms with van der Waals surface area (Å²) in [6.45, 7) is 2.38. The van der Waals surface area contributed by atoms with Crippen LogP contribution in [0.3, 0.4) is 0 Å². The van der Waals surface area contributed by atoms with Gasteiger partial charge in [0.05, 0.1) is 29.5 Å². The number of carbonyl (C=O) groups is 3. The molecule has 2 aromatic heterocycles. The molecule has 2 aromatic rings. The first-order valence-electron chi connectivity index (χ1n) is 11.7. The Bertz CT molecular complexity index is 1390. The molecule has 1 spiro atoms. The number of nitrogens with two attached hydrogens (primary N) is 1. The molecule has 1 atom stereocenters. The van der Waals surface area contributed by atoms with Gasteiger partial charge in [0.1, 0.15) is 24.4 Å². The molecule has 3 fully saturated rings. The number of carboxylic acid groups (broad SMARTS) is 3. The lowest BCUT2D eigenvalue weighted by atomic mass is 9.79. The number of fused-ring (bicyclic) bond motifs is 1. The third-order valence-corrected chi connectivity index (χ3v) is 6.70. The molecule has 15 nitrogen and oxygen atoms in total. The Morgan fingerprint density at radius 1 is 1.31 bits per heavy atom. The van der Waals surface area contributed by atoms with Gasteiger partial charge in [-0.15, -0.1) is 0 Å². The summed E-state index contributed by atoms with van der Waals surface area (Å²) in [4.78, 5) is 54.9. The standard InChI is InChI=1S/C19H20FN5O4.C4H7NO4.H2O/c1-29-23-14-6-24(9-19(14)7-21-8-19)17-13(20)4-11-15(26)12(18(27)28)5-25(10-2-3-10)16(11)22-17;5-2(4(8)9)1-3(6)7;/h4-5,10,21H,2-3,6-9H2,1H3,(H,27,28);2H,1,5H2,(H,6,7)(H,8,9);1H2/b23-14-;;/t;2-;/m.1./s1. The van der Waals surface area contributed by atoms with E-state index < -0.39 is 41.6 Å². The van der Waals surface area contributed by atoms with Gasteiger partial charge in [-0.05, 0) is 18.9 Å². The van der Waals surface area contributed by atoms with Crippen LogP contribution in [0.25, 0.3) is 11.0 Å². The van der Waals surface area contributed by atoms with Gasteiger partial charge in [-0.1, -0.05) is 5.16 Å². The van der Waals surface area contributed by atoms with Crippen LogP contribution >= 0.6 is 0 Å². The summed E-state index contributed by atoms with van der Waals surface area (Å²) in [5.41, 5.74) is 4.70. The maximum Gasteiger partial charge on any atom is 0.341 e. The van der Waals surface area contributed by atoms with Crippen LogP contribution in [0, 0.1) is 11.2 Å². The molecule has 4 heterocycles. The molecule has 0 bridgehead atoms. The van der Waals surface area contributed by atoms with E-state index in [9.17, 15) is 24.3 Å². The molecule has 39 heavy (non-hydrogen) atoms. The fourth-order valence-corrected chi connectivity index (χ4v) is 4.51. The van der Waals surface area contributed by atoms with Crippen LogP contribution in [0.15, 0.2) is 22.2 Å². The van der Waals surface area contributed by atoms with Crippen molar-refractivity contribution in [2.45, 2.75) is 31.3 Å². The number of nitrogens with zero attached hydrogens (tertiary/aromatic N) is 4. The Morgan fingerprint density at radius 2 is 1.97 bits per heavy atom. The largest absolute Gasteiger partial charge is 0.481 e. The number of halogens is 1. The van der Waals surface area contributed by atoms with E-state index in [0.29, 0.717) is 18.7 Å². The average molecular weight is 553 g/mol. The predicted molar refractivity (Wildman–Crippen MR) is 135 cm³/mol. The van der Waals surface area contributed by atoms with E-state index in [0.717, 1.165) is 37.7 Å². The summed E-state index contributed by atoms with van der Waals surface area (Å²) in [6, 6.07) is -0.0986. The minimum atomic E-state index is -1.32. The fraction of sp³-hybridized carbons (Fsp3) is 0.478. The maximum atomic E-state index is 15.0. The Balaban J connectivity index is 0.000000366. The number of anilines is 1. The number of pyridine rings is 2. The molecule has 1 aliphatic carbocycles. The minimum absolute atomic E-state index is 0. The van der Waals surface area contributed by atoms with Gasteiger partial charge in [0.2, 0.25) is 5.43 Å². The van der Waals surface area contributed by atoms with Crippen LogP contribution in [0.5, 0.6) is 0 Å². The van der Waals surface area contributed by atoms with Gasteiger partial charge < -0.3 is 46.2 Å². The van der Waals surface area contributed by atoms with Crippen LogP contribution in [0.4, 0.5) is 10.2 Å². The van der Waals surface area contributed by atoms with E-state index >= 15 is 4.39 Å². The van der Waals surface area contributed by atoms with E-state index in [4.69, 9.17) is 20.8 Å². The van der Waals surface area contributed by atoms with Crippen molar-refractivity contribution in [3.63, 3.8) is 0 Å². The predicted octanol–water partition coefficient (Wildman–Crippen LogP) is -0.971. The molecule has 0 amide bonds. The normalized spacial score (nSPS) is 19.1. The van der Waals surface area contributed by atoms with E-state index in [1.54, 1.807) is 9.47 Å². The molecule has 2 aliphatic heterocycles. The number of hydrogen-bond donors (Lipinski definition) is 5. The van der Waals surface area contributed by atoms with Gasteiger partial charge in [-0.3, -0.25) is 14.4 Å². The third-order valence-electron chi connectivity index (χ3n) is 6.70. The van der Waals surface area contributed by atoms with Crippen molar-refractivity contribution in [1.29, 1.82) is 0 Å². The van der Waals surface area contributed by atoms with Crippen molar-refractivity contribution in [2.24, 2.45) is 16.3 Å². The van der Waals surface area contributed by atoms with Crippen LogP contribution in [-0.4, -0.2) is 93.3 Å². The van der Waals surface area contributed by atoms with Gasteiger partial charge in [0.15, 0.2) is 11.6 Å².